The first-order valence-corrected chi connectivity index (χ1v) is 6.79. The zero-order valence-corrected chi connectivity index (χ0v) is 10.5. The van der Waals surface area contributed by atoms with E-state index >= 15 is 0 Å². The maximum atomic E-state index is 13.6. The summed E-state index contributed by atoms with van der Waals surface area (Å²) < 4.78 is 25.9. The van der Waals surface area contributed by atoms with Crippen LogP contribution < -0.4 is 10.6 Å². The summed E-state index contributed by atoms with van der Waals surface area (Å²) in [6, 6.07) is 13.7. The molecule has 3 heteroatoms. The molecule has 1 atom stereocenters. The molecule has 0 fully saturated rings. The van der Waals surface area contributed by atoms with Crippen molar-refractivity contribution in [2.45, 2.75) is 13.3 Å². The Hall–Kier alpha value is -1.53. The van der Waals surface area contributed by atoms with E-state index < -0.39 is 13.6 Å². The third-order valence-corrected chi connectivity index (χ3v) is 4.34. The molecule has 0 spiro atoms. The van der Waals surface area contributed by atoms with Gasteiger partial charge >= 0.3 is 0 Å². The largest absolute Gasteiger partial charge is 0.276 e. The van der Waals surface area contributed by atoms with Crippen molar-refractivity contribution >= 4 is 18.4 Å². The molecule has 17 heavy (non-hydrogen) atoms. The minimum Gasteiger partial charge on any atom is -0.276 e. The number of aryl methyl sites for hydroxylation is 1. The third-order valence-electron chi connectivity index (χ3n) is 2.66. The second-order valence-corrected chi connectivity index (χ2v) is 5.28. The molecule has 0 saturated heterocycles. The van der Waals surface area contributed by atoms with Crippen LogP contribution in [-0.2, 0) is 11.0 Å². The highest BCUT2D eigenvalue weighted by Gasteiger charge is 2.14. The van der Waals surface area contributed by atoms with Crippen molar-refractivity contribution in [3.63, 3.8) is 0 Å². The van der Waals surface area contributed by atoms with Crippen molar-refractivity contribution in [2.24, 2.45) is 0 Å². The van der Waals surface area contributed by atoms with Crippen molar-refractivity contribution in [3.05, 3.63) is 59.9 Å². The predicted molar refractivity (Wildman–Crippen MR) is 69.1 cm³/mol. The number of hydrogen-bond donors (Lipinski definition) is 0. The molecule has 0 heterocycles. The van der Waals surface area contributed by atoms with Gasteiger partial charge in [-0.3, -0.25) is 4.57 Å². The van der Waals surface area contributed by atoms with Gasteiger partial charge in [-0.2, -0.15) is 0 Å². The van der Waals surface area contributed by atoms with Gasteiger partial charge in [-0.05, 0) is 30.2 Å². The van der Waals surface area contributed by atoms with E-state index in [9.17, 15) is 8.96 Å². The summed E-state index contributed by atoms with van der Waals surface area (Å²) >= 11 is 0. The van der Waals surface area contributed by atoms with E-state index in [-0.39, 0.29) is 5.30 Å². The van der Waals surface area contributed by atoms with Crippen LogP contribution in [0, 0.1) is 5.82 Å². The zero-order chi connectivity index (χ0) is 12.3. The van der Waals surface area contributed by atoms with E-state index in [0.29, 0.717) is 0 Å². The Bertz CT molecular complexity index is 551. The molecule has 2 rings (SSSR count). The maximum absolute atomic E-state index is 13.6. The first-order chi connectivity index (χ1) is 8.24. The van der Waals surface area contributed by atoms with Gasteiger partial charge in [-0.15, -0.1) is 0 Å². The minimum atomic E-state index is -1.84. The molecular weight excluding hydrogens is 234 g/mol. The zero-order valence-electron chi connectivity index (χ0n) is 9.56. The lowest BCUT2D eigenvalue weighted by atomic mass is 10.2. The average molecular weight is 247 g/mol. The summed E-state index contributed by atoms with van der Waals surface area (Å²) in [5.41, 5.74) is 1.01. The van der Waals surface area contributed by atoms with E-state index in [2.05, 4.69) is 0 Å². The first-order valence-electron chi connectivity index (χ1n) is 5.53. The molecule has 2 aromatic carbocycles. The van der Waals surface area contributed by atoms with E-state index in [0.717, 1.165) is 17.3 Å². The van der Waals surface area contributed by atoms with Crippen molar-refractivity contribution in [1.29, 1.82) is 0 Å². The van der Waals surface area contributed by atoms with Gasteiger partial charge in [0.25, 0.3) is 0 Å². The topological polar surface area (TPSA) is 17.1 Å². The highest BCUT2D eigenvalue weighted by molar-refractivity contribution is 7.61. The van der Waals surface area contributed by atoms with Crippen molar-refractivity contribution < 1.29 is 8.96 Å². The molecule has 2 aromatic rings. The first kappa shape index (κ1) is 11.9. The summed E-state index contributed by atoms with van der Waals surface area (Å²) in [7, 11) is -1.84. The highest BCUT2D eigenvalue weighted by Crippen LogP contribution is 2.23. The summed E-state index contributed by atoms with van der Waals surface area (Å²) in [5.74, 6) is -0.403. The third kappa shape index (κ3) is 2.42. The lowest BCUT2D eigenvalue weighted by Gasteiger charge is -2.07. The quantitative estimate of drug-likeness (QED) is 0.761. The van der Waals surface area contributed by atoms with Crippen LogP contribution in [0.4, 0.5) is 4.39 Å². The fraction of sp³-hybridized carbons (Fsp3) is 0.143. The Morgan fingerprint density at radius 3 is 2.24 bits per heavy atom. The molecule has 0 aromatic heterocycles. The Morgan fingerprint density at radius 1 is 1.00 bits per heavy atom. The Labute approximate surface area is 101 Å². The van der Waals surface area contributed by atoms with Crippen LogP contribution in [-0.4, -0.2) is 0 Å². The Balaban J connectivity index is 2.48. The minimum absolute atomic E-state index is 0.281. The molecule has 0 bridgehead atoms. The standard InChI is InChI=1S/C14H13FOP/c1-2-11-7-3-5-9-13(11)17(16)14-10-6-4-8-12(14)15/h3-10H,2H2,1H3. The van der Waals surface area contributed by atoms with Crippen LogP contribution in [0.5, 0.6) is 0 Å². The van der Waals surface area contributed by atoms with Crippen molar-refractivity contribution in [3.8, 4) is 0 Å². The predicted octanol–water partition coefficient (Wildman–Crippen LogP) is 3.17. The van der Waals surface area contributed by atoms with Gasteiger partial charge in [0.1, 0.15) is 13.6 Å². The highest BCUT2D eigenvalue weighted by atomic mass is 31.1. The SMILES string of the molecule is CCc1ccccc1[P](=O)c1ccccc1F. The monoisotopic (exact) mass is 247 g/mol. The molecule has 0 aliphatic heterocycles. The summed E-state index contributed by atoms with van der Waals surface area (Å²) in [6.07, 6.45) is 0.797. The fourth-order valence-electron chi connectivity index (χ4n) is 1.75. The average Bonchev–Trinajstić information content (AvgIpc) is 2.38. The van der Waals surface area contributed by atoms with Crippen LogP contribution >= 0.6 is 7.80 Å². The molecule has 0 aliphatic rings. The van der Waals surface area contributed by atoms with Crippen molar-refractivity contribution in [2.75, 3.05) is 0 Å². The van der Waals surface area contributed by atoms with E-state index in [1.54, 1.807) is 18.2 Å². The molecular formula is C14H13FOP. The molecule has 87 valence electrons. The second-order valence-electron chi connectivity index (χ2n) is 3.73. The van der Waals surface area contributed by atoms with Gasteiger partial charge in [-0.25, -0.2) is 4.39 Å². The molecule has 0 saturated carbocycles. The van der Waals surface area contributed by atoms with Gasteiger partial charge in [-0.1, -0.05) is 37.3 Å². The van der Waals surface area contributed by atoms with E-state index in [1.807, 2.05) is 31.2 Å². The number of halogens is 1. The Morgan fingerprint density at radius 2 is 1.59 bits per heavy atom. The van der Waals surface area contributed by atoms with Crippen LogP contribution in [0.1, 0.15) is 12.5 Å². The van der Waals surface area contributed by atoms with Crippen LogP contribution in [0.15, 0.2) is 48.5 Å². The number of rotatable bonds is 3. The number of hydrogen-bond acceptors (Lipinski definition) is 1. The normalized spacial score (nSPS) is 11.3. The molecule has 1 unspecified atom stereocenters. The van der Waals surface area contributed by atoms with Crippen LogP contribution in [0.3, 0.4) is 0 Å². The van der Waals surface area contributed by atoms with Crippen molar-refractivity contribution in [1.82, 2.24) is 0 Å². The molecule has 0 amide bonds. The summed E-state index contributed by atoms with van der Waals surface area (Å²) in [4.78, 5) is 0. The van der Waals surface area contributed by atoms with Gasteiger partial charge in [0.2, 0.25) is 0 Å². The fourth-order valence-corrected chi connectivity index (χ4v) is 3.22. The Kier molecular flexibility index (Phi) is 3.65. The van der Waals surface area contributed by atoms with Crippen LogP contribution in [0.2, 0.25) is 0 Å². The lowest BCUT2D eigenvalue weighted by molar-refractivity contribution is 0.594. The van der Waals surface area contributed by atoms with Gasteiger partial charge in [0.05, 0.1) is 5.30 Å². The van der Waals surface area contributed by atoms with Gasteiger partial charge < -0.3 is 0 Å². The van der Waals surface area contributed by atoms with E-state index in [1.165, 1.54) is 6.07 Å². The second kappa shape index (κ2) is 5.20. The number of benzene rings is 2. The molecule has 0 aliphatic carbocycles. The van der Waals surface area contributed by atoms with Gasteiger partial charge in [0, 0.05) is 5.30 Å². The molecule has 1 nitrogen and oxygen atoms in total. The smallest absolute Gasteiger partial charge is 0.139 e. The lowest BCUT2D eigenvalue weighted by Crippen LogP contribution is -2.13. The van der Waals surface area contributed by atoms with E-state index in [4.69, 9.17) is 0 Å². The van der Waals surface area contributed by atoms with Gasteiger partial charge in [0.15, 0.2) is 0 Å². The van der Waals surface area contributed by atoms with Crippen LogP contribution in [0.25, 0.3) is 0 Å². The summed E-state index contributed by atoms with van der Waals surface area (Å²) in [6.45, 7) is 2.00. The maximum Gasteiger partial charge on any atom is 0.139 e. The molecule has 1 radical (unpaired) electrons. The summed E-state index contributed by atoms with van der Waals surface area (Å²) in [5, 5.41) is 1.01. The molecule has 0 N–H and O–H groups in total.